The van der Waals surface area contributed by atoms with E-state index in [1.165, 1.54) is 25.6 Å². The van der Waals surface area contributed by atoms with E-state index in [4.69, 9.17) is 0 Å². The highest BCUT2D eigenvalue weighted by molar-refractivity contribution is 5.93. The number of aromatic nitrogens is 4. The molecule has 3 rings (SSSR count). The average Bonchev–Trinajstić information content (AvgIpc) is 2.92. The van der Waals surface area contributed by atoms with E-state index in [1.54, 1.807) is 10.7 Å². The SMILES string of the molecule is CC(=O)Nc1cc(Cn2cncn2)c2cc(F)cc(O)c2n1. The number of nitrogens with one attached hydrogen (secondary N) is 1. The van der Waals surface area contributed by atoms with E-state index in [1.807, 2.05) is 0 Å². The minimum atomic E-state index is -0.570. The number of aromatic hydroxyl groups is 1. The number of amides is 1. The monoisotopic (exact) mass is 301 g/mol. The van der Waals surface area contributed by atoms with Gasteiger partial charge in [-0.25, -0.2) is 19.0 Å². The maximum Gasteiger partial charge on any atom is 0.222 e. The maximum atomic E-state index is 13.6. The van der Waals surface area contributed by atoms with Crippen LogP contribution >= 0.6 is 0 Å². The van der Waals surface area contributed by atoms with Crippen molar-refractivity contribution >= 4 is 22.6 Å². The fourth-order valence-electron chi connectivity index (χ4n) is 2.21. The molecule has 3 aromatic rings. The maximum absolute atomic E-state index is 13.6. The number of fused-ring (bicyclic) bond motifs is 1. The lowest BCUT2D eigenvalue weighted by Gasteiger charge is -2.11. The van der Waals surface area contributed by atoms with Crippen molar-refractivity contribution in [2.75, 3.05) is 5.32 Å². The number of hydrogen-bond donors (Lipinski definition) is 2. The van der Waals surface area contributed by atoms with Crippen LogP contribution in [0, 0.1) is 5.82 Å². The Morgan fingerprint density at radius 2 is 2.23 bits per heavy atom. The number of anilines is 1. The molecule has 2 heterocycles. The zero-order valence-corrected chi connectivity index (χ0v) is 11.6. The molecule has 0 atom stereocenters. The predicted molar refractivity (Wildman–Crippen MR) is 76.8 cm³/mol. The number of nitrogens with zero attached hydrogens (tertiary/aromatic N) is 4. The molecule has 0 unspecified atom stereocenters. The first-order valence-corrected chi connectivity index (χ1v) is 6.45. The summed E-state index contributed by atoms with van der Waals surface area (Å²) in [5, 5.41) is 16.9. The second kappa shape index (κ2) is 5.40. The second-order valence-electron chi connectivity index (χ2n) is 4.76. The number of phenols is 1. The van der Waals surface area contributed by atoms with Crippen LogP contribution in [0.2, 0.25) is 0 Å². The van der Waals surface area contributed by atoms with Crippen LogP contribution in [0.4, 0.5) is 10.2 Å². The third-order valence-electron chi connectivity index (χ3n) is 3.05. The molecule has 7 nitrogen and oxygen atoms in total. The van der Waals surface area contributed by atoms with Gasteiger partial charge in [-0.15, -0.1) is 0 Å². The minimum Gasteiger partial charge on any atom is -0.506 e. The first-order chi connectivity index (χ1) is 10.5. The highest BCUT2D eigenvalue weighted by atomic mass is 19.1. The van der Waals surface area contributed by atoms with E-state index in [0.717, 1.165) is 6.07 Å². The van der Waals surface area contributed by atoms with Crippen LogP contribution in [0.1, 0.15) is 12.5 Å². The molecule has 2 N–H and O–H groups in total. The summed E-state index contributed by atoms with van der Waals surface area (Å²) in [6.45, 7) is 1.65. The van der Waals surface area contributed by atoms with Gasteiger partial charge in [-0.1, -0.05) is 0 Å². The van der Waals surface area contributed by atoms with Crippen LogP contribution in [0.25, 0.3) is 10.9 Å². The van der Waals surface area contributed by atoms with Crippen molar-refractivity contribution in [1.29, 1.82) is 0 Å². The molecule has 1 aromatic carbocycles. The number of hydrogen-bond acceptors (Lipinski definition) is 5. The molecule has 0 radical (unpaired) electrons. The van der Waals surface area contributed by atoms with Crippen LogP contribution < -0.4 is 5.32 Å². The van der Waals surface area contributed by atoms with Gasteiger partial charge >= 0.3 is 0 Å². The molecule has 0 spiro atoms. The van der Waals surface area contributed by atoms with Gasteiger partial charge in [-0.3, -0.25) is 4.79 Å². The van der Waals surface area contributed by atoms with Crippen molar-refractivity contribution in [2.45, 2.75) is 13.5 Å². The van der Waals surface area contributed by atoms with Crippen LogP contribution in [0.15, 0.2) is 30.9 Å². The summed E-state index contributed by atoms with van der Waals surface area (Å²) in [6.07, 6.45) is 2.90. The van der Waals surface area contributed by atoms with Gasteiger partial charge in [0.15, 0.2) is 0 Å². The Balaban J connectivity index is 2.19. The van der Waals surface area contributed by atoms with E-state index in [0.29, 0.717) is 17.5 Å². The summed E-state index contributed by atoms with van der Waals surface area (Å²) in [5.41, 5.74) is 0.858. The lowest BCUT2D eigenvalue weighted by molar-refractivity contribution is -0.114. The van der Waals surface area contributed by atoms with Crippen LogP contribution in [-0.4, -0.2) is 30.8 Å². The van der Waals surface area contributed by atoms with Gasteiger partial charge in [0.2, 0.25) is 5.91 Å². The van der Waals surface area contributed by atoms with Crippen LogP contribution in [0.3, 0.4) is 0 Å². The minimum absolute atomic E-state index is 0.211. The lowest BCUT2D eigenvalue weighted by atomic mass is 10.1. The molecule has 112 valence electrons. The van der Waals surface area contributed by atoms with Gasteiger partial charge in [-0.2, -0.15) is 5.10 Å². The van der Waals surface area contributed by atoms with E-state index in [2.05, 4.69) is 20.4 Å². The van der Waals surface area contributed by atoms with Crippen molar-refractivity contribution in [2.24, 2.45) is 0 Å². The lowest BCUT2D eigenvalue weighted by Crippen LogP contribution is -2.09. The number of pyridine rings is 1. The molecule has 1 amide bonds. The molecule has 0 fully saturated rings. The molecule has 0 aliphatic rings. The van der Waals surface area contributed by atoms with Gasteiger partial charge in [0.1, 0.15) is 35.6 Å². The van der Waals surface area contributed by atoms with Gasteiger partial charge < -0.3 is 10.4 Å². The normalized spacial score (nSPS) is 10.8. The summed E-state index contributed by atoms with van der Waals surface area (Å²) in [7, 11) is 0. The second-order valence-corrected chi connectivity index (χ2v) is 4.76. The molecule has 0 aliphatic heterocycles. The Hall–Kier alpha value is -3.03. The first-order valence-electron chi connectivity index (χ1n) is 6.45. The van der Waals surface area contributed by atoms with E-state index >= 15 is 0 Å². The summed E-state index contributed by atoms with van der Waals surface area (Å²) in [4.78, 5) is 19.2. The zero-order chi connectivity index (χ0) is 15.7. The fourth-order valence-corrected chi connectivity index (χ4v) is 2.21. The van der Waals surface area contributed by atoms with Crippen LogP contribution in [-0.2, 0) is 11.3 Å². The van der Waals surface area contributed by atoms with Gasteiger partial charge in [0.05, 0.1) is 6.54 Å². The highest BCUT2D eigenvalue weighted by Crippen LogP contribution is 2.29. The predicted octanol–water partition coefficient (Wildman–Crippen LogP) is 1.68. The fraction of sp³-hybridized carbons (Fsp3) is 0.143. The van der Waals surface area contributed by atoms with Gasteiger partial charge in [-0.05, 0) is 17.7 Å². The molecular weight excluding hydrogens is 289 g/mol. The summed E-state index contributed by atoms with van der Waals surface area (Å²) >= 11 is 0. The zero-order valence-electron chi connectivity index (χ0n) is 11.6. The molecule has 0 saturated carbocycles. The molecule has 0 aliphatic carbocycles. The first kappa shape index (κ1) is 13.9. The Morgan fingerprint density at radius 1 is 1.41 bits per heavy atom. The number of benzene rings is 1. The standard InChI is InChI=1S/C14H12FN5O2/c1-8(21)18-13-2-9(5-20-7-16-6-17-20)11-3-10(15)4-12(22)14(11)19-13/h2-4,6-7,22H,5H2,1H3,(H,18,19,21). The molecule has 22 heavy (non-hydrogen) atoms. The largest absolute Gasteiger partial charge is 0.506 e. The Morgan fingerprint density at radius 3 is 2.91 bits per heavy atom. The summed E-state index contributed by atoms with van der Waals surface area (Å²) in [5.74, 6) is -0.877. The smallest absolute Gasteiger partial charge is 0.222 e. The molecule has 2 aromatic heterocycles. The third kappa shape index (κ3) is 2.71. The number of carbonyl (C=O) groups excluding carboxylic acids is 1. The van der Waals surface area contributed by atoms with Crippen molar-refractivity contribution in [3.05, 3.63) is 42.2 Å². The summed E-state index contributed by atoms with van der Waals surface area (Å²) < 4.78 is 15.1. The van der Waals surface area contributed by atoms with Gasteiger partial charge in [0.25, 0.3) is 0 Å². The molecule has 0 saturated heterocycles. The topological polar surface area (TPSA) is 92.9 Å². The van der Waals surface area contributed by atoms with Gasteiger partial charge in [0, 0.05) is 18.4 Å². The van der Waals surface area contributed by atoms with E-state index in [-0.39, 0.29) is 23.0 Å². The number of halogens is 1. The van der Waals surface area contributed by atoms with Crippen molar-refractivity contribution in [1.82, 2.24) is 19.7 Å². The number of rotatable bonds is 3. The average molecular weight is 301 g/mol. The summed E-state index contributed by atoms with van der Waals surface area (Å²) in [6, 6.07) is 3.88. The van der Waals surface area contributed by atoms with E-state index < -0.39 is 5.82 Å². The number of carbonyl (C=O) groups is 1. The van der Waals surface area contributed by atoms with Crippen molar-refractivity contribution < 1.29 is 14.3 Å². The number of phenolic OH excluding ortho intramolecular Hbond substituents is 1. The Bertz CT molecular complexity index is 848. The Kier molecular flexibility index (Phi) is 3.42. The van der Waals surface area contributed by atoms with Crippen molar-refractivity contribution in [3.63, 3.8) is 0 Å². The Labute approximate surface area is 124 Å². The van der Waals surface area contributed by atoms with Crippen LogP contribution in [0.5, 0.6) is 5.75 Å². The molecule has 0 bridgehead atoms. The third-order valence-corrected chi connectivity index (χ3v) is 3.05. The van der Waals surface area contributed by atoms with Crippen molar-refractivity contribution in [3.8, 4) is 5.75 Å². The van der Waals surface area contributed by atoms with E-state index in [9.17, 15) is 14.3 Å². The molecular formula is C14H12FN5O2. The quantitative estimate of drug-likeness (QED) is 0.767. The highest BCUT2D eigenvalue weighted by Gasteiger charge is 2.13. The molecule has 8 heteroatoms.